The molecule has 0 aliphatic heterocycles. The van der Waals surface area contributed by atoms with Gasteiger partial charge in [-0.1, -0.05) is 42.5 Å². The molecule has 2 aromatic carbocycles. The van der Waals surface area contributed by atoms with E-state index in [1.807, 2.05) is 0 Å². The van der Waals surface area contributed by atoms with Gasteiger partial charge in [0, 0.05) is 4.88 Å². The van der Waals surface area contributed by atoms with Crippen molar-refractivity contribution in [2.24, 2.45) is 0 Å². The SMILES string of the molecule is Cc1cc(C(Cl)Cc2ccc3ccccc3c2)sc1Br. The van der Waals surface area contributed by atoms with Crippen LogP contribution in [0.3, 0.4) is 0 Å². The summed E-state index contributed by atoms with van der Waals surface area (Å²) in [6, 6.07) is 17.2. The fourth-order valence-corrected chi connectivity index (χ4v) is 4.23. The Labute approximate surface area is 136 Å². The van der Waals surface area contributed by atoms with Crippen molar-refractivity contribution < 1.29 is 0 Å². The van der Waals surface area contributed by atoms with Gasteiger partial charge in [0.15, 0.2) is 0 Å². The van der Waals surface area contributed by atoms with Crippen LogP contribution in [-0.4, -0.2) is 0 Å². The predicted molar refractivity (Wildman–Crippen MR) is 93.0 cm³/mol. The highest BCUT2D eigenvalue weighted by Crippen LogP contribution is 2.36. The molecule has 102 valence electrons. The molecule has 0 saturated carbocycles. The number of aryl methyl sites for hydroxylation is 1. The van der Waals surface area contributed by atoms with E-state index >= 15 is 0 Å². The maximum atomic E-state index is 6.57. The lowest BCUT2D eigenvalue weighted by Crippen LogP contribution is -1.93. The summed E-state index contributed by atoms with van der Waals surface area (Å²) in [7, 11) is 0. The number of fused-ring (bicyclic) bond motifs is 1. The van der Waals surface area contributed by atoms with E-state index in [0.29, 0.717) is 0 Å². The number of rotatable bonds is 3. The Hall–Kier alpha value is -0.830. The zero-order valence-corrected chi connectivity index (χ0v) is 14.2. The lowest BCUT2D eigenvalue weighted by atomic mass is 10.0. The number of halogens is 2. The summed E-state index contributed by atoms with van der Waals surface area (Å²) in [6.45, 7) is 2.10. The van der Waals surface area contributed by atoms with Gasteiger partial charge in [0.05, 0.1) is 9.16 Å². The molecule has 0 bridgehead atoms. The van der Waals surface area contributed by atoms with Crippen LogP contribution in [0.1, 0.15) is 21.4 Å². The van der Waals surface area contributed by atoms with Crippen LogP contribution in [0.25, 0.3) is 10.8 Å². The van der Waals surface area contributed by atoms with Crippen molar-refractivity contribution in [3.63, 3.8) is 0 Å². The summed E-state index contributed by atoms with van der Waals surface area (Å²) >= 11 is 11.9. The molecule has 0 nitrogen and oxygen atoms in total. The first-order valence-electron chi connectivity index (χ1n) is 6.51. The quantitative estimate of drug-likeness (QED) is 0.465. The summed E-state index contributed by atoms with van der Waals surface area (Å²) in [4.78, 5) is 1.23. The second-order valence-corrected chi connectivity index (χ2v) is 7.89. The van der Waals surface area contributed by atoms with Gasteiger partial charge in [-0.3, -0.25) is 0 Å². The molecule has 1 atom stereocenters. The largest absolute Gasteiger partial charge is 0.131 e. The fourth-order valence-electron chi connectivity index (χ4n) is 2.31. The standard InChI is InChI=1S/C17H14BrClS/c1-11-8-16(20-17(11)18)15(19)10-12-6-7-13-4-2-3-5-14(13)9-12/h2-9,15H,10H2,1H3. The molecule has 1 aromatic heterocycles. The molecule has 3 aromatic rings. The number of alkyl halides is 1. The third-order valence-electron chi connectivity index (χ3n) is 3.41. The van der Waals surface area contributed by atoms with Crippen molar-refractivity contribution in [2.75, 3.05) is 0 Å². The third-order valence-corrected chi connectivity index (χ3v) is 6.18. The number of benzene rings is 2. The van der Waals surface area contributed by atoms with Gasteiger partial charge >= 0.3 is 0 Å². The van der Waals surface area contributed by atoms with Crippen LogP contribution < -0.4 is 0 Å². The minimum atomic E-state index is 0.0335. The molecule has 0 aliphatic carbocycles. The van der Waals surface area contributed by atoms with Crippen LogP contribution in [0.15, 0.2) is 52.3 Å². The first-order valence-corrected chi connectivity index (χ1v) is 8.55. The average molecular weight is 366 g/mol. The molecule has 1 unspecified atom stereocenters. The molecule has 3 heteroatoms. The maximum absolute atomic E-state index is 6.57. The second-order valence-electron chi connectivity index (χ2n) is 4.96. The molecule has 1 heterocycles. The van der Waals surface area contributed by atoms with E-state index in [4.69, 9.17) is 11.6 Å². The fraction of sp³-hybridized carbons (Fsp3) is 0.176. The summed E-state index contributed by atoms with van der Waals surface area (Å²) in [6.07, 6.45) is 0.860. The maximum Gasteiger partial charge on any atom is 0.0731 e. The van der Waals surface area contributed by atoms with Crippen molar-refractivity contribution in [1.29, 1.82) is 0 Å². The van der Waals surface area contributed by atoms with E-state index in [0.717, 1.165) is 6.42 Å². The molecule has 0 fully saturated rings. The molecular formula is C17H14BrClS. The van der Waals surface area contributed by atoms with E-state index in [-0.39, 0.29) is 5.38 Å². The van der Waals surface area contributed by atoms with Gasteiger partial charge in [0.2, 0.25) is 0 Å². The minimum absolute atomic E-state index is 0.0335. The van der Waals surface area contributed by atoms with Gasteiger partial charge in [0.1, 0.15) is 0 Å². The Morgan fingerprint density at radius 2 is 1.85 bits per heavy atom. The number of hydrogen-bond acceptors (Lipinski definition) is 1. The molecule has 0 amide bonds. The summed E-state index contributed by atoms with van der Waals surface area (Å²) in [5.74, 6) is 0. The first-order chi connectivity index (χ1) is 9.63. The average Bonchev–Trinajstić information content (AvgIpc) is 2.79. The molecule has 0 N–H and O–H groups in total. The van der Waals surface area contributed by atoms with E-state index in [1.54, 1.807) is 11.3 Å². The molecule has 0 radical (unpaired) electrons. The van der Waals surface area contributed by atoms with Crippen molar-refractivity contribution in [3.8, 4) is 0 Å². The predicted octanol–water partition coefficient (Wildman–Crippen LogP) is 6.49. The Bertz CT molecular complexity index is 728. The summed E-state index contributed by atoms with van der Waals surface area (Å²) in [5.41, 5.74) is 2.54. The highest BCUT2D eigenvalue weighted by molar-refractivity contribution is 9.11. The van der Waals surface area contributed by atoms with E-state index in [1.165, 1.54) is 30.6 Å². The van der Waals surface area contributed by atoms with Crippen LogP contribution in [0.4, 0.5) is 0 Å². The van der Waals surface area contributed by atoms with Gasteiger partial charge < -0.3 is 0 Å². The lowest BCUT2D eigenvalue weighted by Gasteiger charge is -2.08. The Kier molecular flexibility index (Phi) is 4.16. The number of hydrogen-bond donors (Lipinski definition) is 0. The Morgan fingerprint density at radius 1 is 1.10 bits per heavy atom. The van der Waals surface area contributed by atoms with Gasteiger partial charge in [0.25, 0.3) is 0 Å². The lowest BCUT2D eigenvalue weighted by molar-refractivity contribution is 0.941. The van der Waals surface area contributed by atoms with Crippen LogP contribution in [-0.2, 0) is 6.42 Å². The molecule has 0 spiro atoms. The second kappa shape index (κ2) is 5.88. The minimum Gasteiger partial charge on any atom is -0.131 e. The Morgan fingerprint density at radius 3 is 2.55 bits per heavy atom. The molecule has 3 rings (SSSR count). The van der Waals surface area contributed by atoms with E-state index in [2.05, 4.69) is 71.4 Å². The van der Waals surface area contributed by atoms with Gasteiger partial charge in [-0.05, 0) is 57.2 Å². The van der Waals surface area contributed by atoms with Crippen molar-refractivity contribution in [3.05, 3.63) is 68.3 Å². The zero-order valence-electron chi connectivity index (χ0n) is 11.1. The molecular weight excluding hydrogens is 352 g/mol. The van der Waals surface area contributed by atoms with Crippen LogP contribution in [0.5, 0.6) is 0 Å². The van der Waals surface area contributed by atoms with Gasteiger partial charge in [-0.15, -0.1) is 22.9 Å². The van der Waals surface area contributed by atoms with Gasteiger partial charge in [-0.2, -0.15) is 0 Å². The normalized spacial score (nSPS) is 12.8. The van der Waals surface area contributed by atoms with Crippen molar-refractivity contribution in [1.82, 2.24) is 0 Å². The topological polar surface area (TPSA) is 0 Å². The van der Waals surface area contributed by atoms with E-state index in [9.17, 15) is 0 Å². The molecule has 0 saturated heterocycles. The number of thiophene rings is 1. The monoisotopic (exact) mass is 364 g/mol. The smallest absolute Gasteiger partial charge is 0.0731 e. The van der Waals surface area contributed by atoms with Crippen molar-refractivity contribution in [2.45, 2.75) is 18.7 Å². The Balaban J connectivity index is 1.85. The molecule has 0 aliphatic rings. The summed E-state index contributed by atoms with van der Waals surface area (Å²) in [5, 5.41) is 2.58. The van der Waals surface area contributed by atoms with E-state index < -0.39 is 0 Å². The van der Waals surface area contributed by atoms with Crippen LogP contribution in [0.2, 0.25) is 0 Å². The van der Waals surface area contributed by atoms with Gasteiger partial charge in [-0.25, -0.2) is 0 Å². The van der Waals surface area contributed by atoms with Crippen molar-refractivity contribution >= 4 is 49.6 Å². The first kappa shape index (κ1) is 14.1. The third kappa shape index (κ3) is 2.93. The summed E-state index contributed by atoms with van der Waals surface area (Å²) < 4.78 is 1.18. The van der Waals surface area contributed by atoms with Crippen LogP contribution >= 0.6 is 38.9 Å². The highest BCUT2D eigenvalue weighted by Gasteiger charge is 2.13. The zero-order chi connectivity index (χ0) is 14.1. The highest BCUT2D eigenvalue weighted by atomic mass is 79.9. The van der Waals surface area contributed by atoms with Crippen LogP contribution in [0, 0.1) is 6.92 Å². The molecule has 20 heavy (non-hydrogen) atoms.